The number of carboxylic acid groups (broad SMARTS) is 1. The summed E-state index contributed by atoms with van der Waals surface area (Å²) in [6.45, 7) is 6.94. The van der Waals surface area contributed by atoms with Crippen LogP contribution in [-0.4, -0.2) is 55.1 Å². The van der Waals surface area contributed by atoms with Crippen LogP contribution in [0.2, 0.25) is 0 Å². The number of piperidine rings is 1. The highest BCUT2D eigenvalue weighted by Gasteiger charge is 2.35. The Hall–Kier alpha value is -1.45. The minimum Gasteiger partial charge on any atom is -0.478 e. The largest absolute Gasteiger partial charge is 0.478 e. The van der Waals surface area contributed by atoms with Crippen LogP contribution in [0.4, 0.5) is 5.00 Å². The van der Waals surface area contributed by atoms with Crippen molar-refractivity contribution < 1.29 is 23.1 Å². The van der Waals surface area contributed by atoms with Gasteiger partial charge in [-0.05, 0) is 70.3 Å². The maximum absolute atomic E-state index is 13.4. The topological polar surface area (TPSA) is 95.0 Å². The van der Waals surface area contributed by atoms with Crippen LogP contribution in [0.1, 0.15) is 80.4 Å². The van der Waals surface area contributed by atoms with Crippen molar-refractivity contribution in [3.05, 3.63) is 16.5 Å². The second-order valence-electron chi connectivity index (χ2n) is 9.37. The van der Waals surface area contributed by atoms with Crippen molar-refractivity contribution in [3.8, 4) is 0 Å². The van der Waals surface area contributed by atoms with Gasteiger partial charge in [0, 0.05) is 29.9 Å². The molecule has 2 aliphatic rings. The van der Waals surface area contributed by atoms with Crippen molar-refractivity contribution in [1.82, 2.24) is 4.31 Å². The number of nitrogens with zero attached hydrogens (tertiary/aromatic N) is 2. The molecule has 0 spiro atoms. The Kier molecular flexibility index (Phi) is 7.48. The molecular formula is C22H34N2O5S2. The summed E-state index contributed by atoms with van der Waals surface area (Å²) in [7, 11) is -3.21. The molecule has 0 atom stereocenters. The molecule has 1 aliphatic heterocycles. The van der Waals surface area contributed by atoms with Crippen LogP contribution >= 0.6 is 11.3 Å². The standard InChI is InChI=1S/C22H34N2O5S2/c1-14(2)24(20(25)17-7-5-15(3)6-8-17)21-18(22(26)27)13-19(30-21)16-9-11-23(12-10-16)31(4,28)29/h13-17H,5-12H2,1-4H3,(H,26,27)/t15-,17-. The minimum atomic E-state index is -3.21. The fourth-order valence-corrected chi connectivity index (χ4v) is 7.03. The van der Waals surface area contributed by atoms with E-state index in [-0.39, 0.29) is 29.3 Å². The molecule has 174 valence electrons. The van der Waals surface area contributed by atoms with Crippen molar-refractivity contribution in [3.63, 3.8) is 0 Å². The molecule has 0 bridgehead atoms. The number of anilines is 1. The molecule has 3 rings (SSSR count). The molecule has 1 N–H and O–H groups in total. The number of amides is 1. The van der Waals surface area contributed by atoms with E-state index >= 15 is 0 Å². The fraction of sp³-hybridized carbons (Fsp3) is 0.727. The Morgan fingerprint density at radius 3 is 2.19 bits per heavy atom. The number of rotatable bonds is 6. The molecule has 1 amide bonds. The first kappa shape index (κ1) is 24.2. The molecule has 9 heteroatoms. The first-order chi connectivity index (χ1) is 14.5. The first-order valence-corrected chi connectivity index (χ1v) is 13.8. The van der Waals surface area contributed by atoms with Gasteiger partial charge in [0.05, 0.1) is 11.8 Å². The smallest absolute Gasteiger partial charge is 0.338 e. The molecule has 0 aromatic carbocycles. The summed E-state index contributed by atoms with van der Waals surface area (Å²) < 4.78 is 25.1. The highest BCUT2D eigenvalue weighted by Crippen LogP contribution is 2.42. The summed E-state index contributed by atoms with van der Waals surface area (Å²) in [6, 6.07) is 1.57. The summed E-state index contributed by atoms with van der Waals surface area (Å²) in [5, 5.41) is 10.4. The summed E-state index contributed by atoms with van der Waals surface area (Å²) in [5.74, 6) is -0.304. The molecule has 2 fully saturated rings. The maximum Gasteiger partial charge on any atom is 0.338 e. The van der Waals surface area contributed by atoms with Gasteiger partial charge >= 0.3 is 5.97 Å². The third-order valence-corrected chi connectivity index (χ3v) is 9.23. The Morgan fingerprint density at radius 1 is 1.13 bits per heavy atom. The predicted octanol–water partition coefficient (Wildman–Crippen LogP) is 4.15. The number of hydrogen-bond donors (Lipinski definition) is 1. The van der Waals surface area contributed by atoms with Gasteiger partial charge in [0.25, 0.3) is 0 Å². The van der Waals surface area contributed by atoms with Gasteiger partial charge in [0.2, 0.25) is 15.9 Å². The summed E-state index contributed by atoms with van der Waals surface area (Å²) in [5.41, 5.74) is 0.178. The van der Waals surface area contributed by atoms with Gasteiger partial charge in [-0.1, -0.05) is 6.92 Å². The van der Waals surface area contributed by atoms with Crippen molar-refractivity contribution >= 4 is 38.2 Å². The normalized spacial score (nSPS) is 23.8. The van der Waals surface area contributed by atoms with Crippen LogP contribution < -0.4 is 4.90 Å². The van der Waals surface area contributed by atoms with E-state index in [1.807, 2.05) is 13.8 Å². The van der Waals surface area contributed by atoms with E-state index in [9.17, 15) is 23.1 Å². The van der Waals surface area contributed by atoms with E-state index in [0.29, 0.717) is 36.9 Å². The third-order valence-electron chi connectivity index (χ3n) is 6.62. The number of thiophene rings is 1. The van der Waals surface area contributed by atoms with Gasteiger partial charge < -0.3 is 10.0 Å². The third kappa shape index (κ3) is 5.49. The highest BCUT2D eigenvalue weighted by atomic mass is 32.2. The minimum absolute atomic E-state index is 0.0321. The number of carboxylic acids is 1. The van der Waals surface area contributed by atoms with Crippen molar-refractivity contribution in [2.45, 2.75) is 71.3 Å². The second kappa shape index (κ2) is 9.58. The number of carbonyl (C=O) groups excluding carboxylic acids is 1. The summed E-state index contributed by atoms with van der Waals surface area (Å²) in [4.78, 5) is 28.1. The Balaban J connectivity index is 1.86. The molecule has 0 radical (unpaired) electrons. The SMILES string of the molecule is CC(C)N(c1sc(C2CCN(S(C)(=O)=O)CC2)cc1C(=O)O)C(=O)[C@H]1CC[C@H](C)CC1. The quantitative estimate of drug-likeness (QED) is 0.674. The second-order valence-corrected chi connectivity index (χ2v) is 12.4. The Bertz CT molecular complexity index is 908. The Labute approximate surface area is 189 Å². The van der Waals surface area contributed by atoms with Crippen LogP contribution in [0.3, 0.4) is 0 Å². The van der Waals surface area contributed by atoms with Crippen molar-refractivity contribution in [2.24, 2.45) is 11.8 Å². The van der Waals surface area contributed by atoms with E-state index < -0.39 is 16.0 Å². The van der Waals surface area contributed by atoms with Gasteiger partial charge in [-0.3, -0.25) is 4.79 Å². The number of aromatic carboxylic acids is 1. The van der Waals surface area contributed by atoms with E-state index in [0.717, 1.165) is 30.6 Å². The zero-order chi connectivity index (χ0) is 22.9. The van der Waals surface area contributed by atoms with Gasteiger partial charge in [0.1, 0.15) is 5.00 Å². The maximum atomic E-state index is 13.4. The number of sulfonamides is 1. The number of hydrogen-bond acceptors (Lipinski definition) is 5. The molecule has 2 heterocycles. The van der Waals surface area contributed by atoms with Crippen LogP contribution in [0, 0.1) is 11.8 Å². The van der Waals surface area contributed by atoms with Crippen LogP contribution in [0.25, 0.3) is 0 Å². The molecule has 0 unspecified atom stereocenters. The average molecular weight is 471 g/mol. The fourth-order valence-electron chi connectivity index (χ4n) is 4.70. The molecule has 1 saturated heterocycles. The van der Waals surface area contributed by atoms with Crippen LogP contribution in [0.15, 0.2) is 6.07 Å². The highest BCUT2D eigenvalue weighted by molar-refractivity contribution is 7.88. The summed E-state index contributed by atoms with van der Waals surface area (Å²) in [6.07, 6.45) is 6.30. The lowest BCUT2D eigenvalue weighted by Crippen LogP contribution is -2.42. The molecule has 1 aromatic heterocycles. The van der Waals surface area contributed by atoms with E-state index in [4.69, 9.17) is 0 Å². The first-order valence-electron chi connectivity index (χ1n) is 11.1. The Morgan fingerprint density at radius 2 is 1.71 bits per heavy atom. The van der Waals surface area contributed by atoms with Gasteiger partial charge in [-0.15, -0.1) is 11.3 Å². The molecular weight excluding hydrogens is 436 g/mol. The predicted molar refractivity (Wildman–Crippen MR) is 123 cm³/mol. The molecule has 1 aromatic rings. The molecule has 31 heavy (non-hydrogen) atoms. The molecule has 1 aliphatic carbocycles. The van der Waals surface area contributed by atoms with E-state index in [1.54, 1.807) is 11.0 Å². The summed E-state index contributed by atoms with van der Waals surface area (Å²) >= 11 is 1.39. The molecule has 1 saturated carbocycles. The van der Waals surface area contributed by atoms with E-state index in [2.05, 4.69) is 6.92 Å². The lowest BCUT2D eigenvalue weighted by Gasteiger charge is -2.33. The average Bonchev–Trinajstić information content (AvgIpc) is 3.13. The van der Waals surface area contributed by atoms with Gasteiger partial charge in [-0.25, -0.2) is 17.5 Å². The zero-order valence-corrected chi connectivity index (χ0v) is 20.5. The monoisotopic (exact) mass is 470 g/mol. The van der Waals surface area contributed by atoms with E-state index in [1.165, 1.54) is 21.9 Å². The van der Waals surface area contributed by atoms with Gasteiger partial charge in [0.15, 0.2) is 0 Å². The molecule has 7 nitrogen and oxygen atoms in total. The lowest BCUT2D eigenvalue weighted by atomic mass is 9.82. The lowest BCUT2D eigenvalue weighted by molar-refractivity contribution is -0.123. The zero-order valence-electron chi connectivity index (χ0n) is 18.8. The van der Waals surface area contributed by atoms with Crippen LogP contribution in [0.5, 0.6) is 0 Å². The number of carbonyl (C=O) groups is 2. The van der Waals surface area contributed by atoms with Crippen molar-refractivity contribution in [1.29, 1.82) is 0 Å². The van der Waals surface area contributed by atoms with Crippen LogP contribution in [-0.2, 0) is 14.8 Å². The van der Waals surface area contributed by atoms with Crippen molar-refractivity contribution in [2.75, 3.05) is 24.2 Å². The van der Waals surface area contributed by atoms with Gasteiger partial charge in [-0.2, -0.15) is 0 Å².